The quantitative estimate of drug-likeness (QED) is 0.729. The van der Waals surface area contributed by atoms with Crippen LogP contribution in [0.4, 0.5) is 0 Å². The van der Waals surface area contributed by atoms with Gasteiger partial charge in [0.1, 0.15) is 5.75 Å². The van der Waals surface area contributed by atoms with Crippen LogP contribution < -0.4 is 10.1 Å². The largest absolute Gasteiger partial charge is 0.497 e. The summed E-state index contributed by atoms with van der Waals surface area (Å²) in [5, 5.41) is 3.27. The molecule has 3 heteroatoms. The molecule has 0 aliphatic rings. The van der Waals surface area contributed by atoms with Crippen LogP contribution in [0.5, 0.6) is 5.75 Å². The van der Waals surface area contributed by atoms with Crippen LogP contribution in [-0.2, 0) is 0 Å². The summed E-state index contributed by atoms with van der Waals surface area (Å²) in [6, 6.07) is 8.49. The van der Waals surface area contributed by atoms with Crippen LogP contribution in [0.3, 0.4) is 0 Å². The predicted octanol–water partition coefficient (Wildman–Crippen LogP) is 2.28. The minimum atomic E-state index is 0.364. The van der Waals surface area contributed by atoms with E-state index in [-0.39, 0.29) is 0 Å². The summed E-state index contributed by atoms with van der Waals surface area (Å²) in [6.45, 7) is 0. The zero-order chi connectivity index (χ0) is 10.4. The molecule has 1 aromatic carbocycles. The molecule has 0 amide bonds. The first-order valence-corrected chi connectivity index (χ1v) is 5.37. The minimum Gasteiger partial charge on any atom is -0.497 e. The fourth-order valence-electron chi connectivity index (χ4n) is 1.47. The van der Waals surface area contributed by atoms with Gasteiger partial charge in [-0.25, -0.2) is 0 Å². The van der Waals surface area contributed by atoms with E-state index in [1.54, 1.807) is 7.11 Å². The van der Waals surface area contributed by atoms with Crippen LogP contribution in [0.15, 0.2) is 24.3 Å². The van der Waals surface area contributed by atoms with Crippen molar-refractivity contribution in [2.75, 3.05) is 19.9 Å². The van der Waals surface area contributed by atoms with Gasteiger partial charge in [-0.05, 0) is 36.9 Å². The van der Waals surface area contributed by atoms with E-state index in [2.05, 4.69) is 30.1 Å². The molecule has 14 heavy (non-hydrogen) atoms. The average molecular weight is 211 g/mol. The zero-order valence-electron chi connectivity index (χ0n) is 8.66. The van der Waals surface area contributed by atoms with Gasteiger partial charge in [0.05, 0.1) is 7.11 Å². The normalized spacial score (nSPS) is 12.5. The molecule has 1 unspecified atom stereocenters. The molecular weight excluding hydrogens is 194 g/mol. The van der Waals surface area contributed by atoms with Crippen LogP contribution in [0.1, 0.15) is 18.0 Å². The zero-order valence-corrected chi connectivity index (χ0v) is 9.55. The van der Waals surface area contributed by atoms with E-state index in [1.165, 1.54) is 5.56 Å². The molecule has 1 atom stereocenters. The van der Waals surface area contributed by atoms with Crippen molar-refractivity contribution in [1.29, 1.82) is 0 Å². The Morgan fingerprint density at radius 2 is 2.29 bits per heavy atom. The Kier molecular flexibility index (Phi) is 4.84. The Balaban J connectivity index is 2.80. The number of benzene rings is 1. The molecule has 0 bridgehead atoms. The van der Waals surface area contributed by atoms with Crippen molar-refractivity contribution in [2.24, 2.45) is 0 Å². The predicted molar refractivity (Wildman–Crippen MR) is 63.3 cm³/mol. The molecule has 0 saturated carbocycles. The lowest BCUT2D eigenvalue weighted by Crippen LogP contribution is -2.16. The summed E-state index contributed by atoms with van der Waals surface area (Å²) < 4.78 is 5.18. The smallest absolute Gasteiger partial charge is 0.119 e. The highest BCUT2D eigenvalue weighted by atomic mass is 32.1. The maximum atomic E-state index is 5.18. The Labute approximate surface area is 91.1 Å². The molecule has 0 aliphatic carbocycles. The van der Waals surface area contributed by atoms with E-state index in [0.717, 1.165) is 17.9 Å². The lowest BCUT2D eigenvalue weighted by atomic mass is 10.0. The van der Waals surface area contributed by atoms with Crippen LogP contribution in [0.25, 0.3) is 0 Å². The van der Waals surface area contributed by atoms with Gasteiger partial charge in [0.2, 0.25) is 0 Å². The standard InChI is InChI=1S/C11H17NOS/c1-12-11(6-7-14)9-4-3-5-10(8-9)13-2/h3-5,8,11-12,14H,6-7H2,1-2H3. The topological polar surface area (TPSA) is 21.3 Å². The molecule has 2 nitrogen and oxygen atoms in total. The third-order valence-electron chi connectivity index (χ3n) is 2.26. The van der Waals surface area contributed by atoms with Crippen molar-refractivity contribution in [1.82, 2.24) is 5.32 Å². The monoisotopic (exact) mass is 211 g/mol. The third-order valence-corrected chi connectivity index (χ3v) is 2.52. The maximum absolute atomic E-state index is 5.18. The van der Waals surface area contributed by atoms with Gasteiger partial charge in [-0.2, -0.15) is 12.6 Å². The van der Waals surface area contributed by atoms with E-state index >= 15 is 0 Å². The third kappa shape index (κ3) is 2.93. The van der Waals surface area contributed by atoms with Gasteiger partial charge in [-0.1, -0.05) is 12.1 Å². The minimum absolute atomic E-state index is 0.364. The van der Waals surface area contributed by atoms with E-state index in [9.17, 15) is 0 Å². The molecule has 0 heterocycles. The molecule has 0 fully saturated rings. The fraction of sp³-hybridized carbons (Fsp3) is 0.455. The van der Waals surface area contributed by atoms with E-state index in [4.69, 9.17) is 4.74 Å². The number of ether oxygens (including phenoxy) is 1. The van der Waals surface area contributed by atoms with Gasteiger partial charge in [-0.15, -0.1) is 0 Å². The highest BCUT2D eigenvalue weighted by Gasteiger charge is 2.08. The molecule has 0 aromatic heterocycles. The molecule has 1 N–H and O–H groups in total. The van der Waals surface area contributed by atoms with Crippen molar-refractivity contribution in [3.63, 3.8) is 0 Å². The number of thiol groups is 1. The van der Waals surface area contributed by atoms with Gasteiger partial charge in [0.15, 0.2) is 0 Å². The van der Waals surface area contributed by atoms with E-state index < -0.39 is 0 Å². The number of hydrogen-bond donors (Lipinski definition) is 2. The second kappa shape index (κ2) is 5.94. The number of rotatable bonds is 5. The van der Waals surface area contributed by atoms with E-state index in [1.807, 2.05) is 19.2 Å². The summed E-state index contributed by atoms with van der Waals surface area (Å²) in [7, 11) is 3.65. The van der Waals surface area contributed by atoms with Crippen molar-refractivity contribution >= 4 is 12.6 Å². The Hall–Kier alpha value is -0.670. The molecule has 0 saturated heterocycles. The Morgan fingerprint density at radius 3 is 2.86 bits per heavy atom. The van der Waals surface area contributed by atoms with Crippen LogP contribution in [0, 0.1) is 0 Å². The van der Waals surface area contributed by atoms with E-state index in [0.29, 0.717) is 6.04 Å². The average Bonchev–Trinajstić information content (AvgIpc) is 2.26. The fourth-order valence-corrected chi connectivity index (χ4v) is 1.72. The maximum Gasteiger partial charge on any atom is 0.119 e. The van der Waals surface area contributed by atoms with Gasteiger partial charge >= 0.3 is 0 Å². The van der Waals surface area contributed by atoms with Crippen molar-refractivity contribution < 1.29 is 4.74 Å². The summed E-state index contributed by atoms with van der Waals surface area (Å²) in [5.41, 5.74) is 1.25. The summed E-state index contributed by atoms with van der Waals surface area (Å²) in [6.07, 6.45) is 1.02. The Morgan fingerprint density at radius 1 is 1.50 bits per heavy atom. The summed E-state index contributed by atoms with van der Waals surface area (Å²) >= 11 is 4.24. The SMILES string of the molecule is CNC(CCS)c1cccc(OC)c1. The first-order valence-electron chi connectivity index (χ1n) is 4.74. The molecule has 0 radical (unpaired) electrons. The number of nitrogens with one attached hydrogen (secondary N) is 1. The molecular formula is C11H17NOS. The summed E-state index contributed by atoms with van der Waals surface area (Å²) in [4.78, 5) is 0. The van der Waals surface area contributed by atoms with Crippen molar-refractivity contribution in [2.45, 2.75) is 12.5 Å². The molecule has 0 spiro atoms. The van der Waals surface area contributed by atoms with Crippen LogP contribution >= 0.6 is 12.6 Å². The lowest BCUT2D eigenvalue weighted by molar-refractivity contribution is 0.413. The van der Waals surface area contributed by atoms with Crippen molar-refractivity contribution in [3.8, 4) is 5.75 Å². The van der Waals surface area contributed by atoms with Gasteiger partial charge < -0.3 is 10.1 Å². The molecule has 78 valence electrons. The molecule has 1 rings (SSSR count). The van der Waals surface area contributed by atoms with Gasteiger partial charge in [0.25, 0.3) is 0 Å². The lowest BCUT2D eigenvalue weighted by Gasteiger charge is -2.15. The summed E-state index contributed by atoms with van der Waals surface area (Å²) in [5.74, 6) is 1.78. The number of methoxy groups -OCH3 is 1. The molecule has 0 aliphatic heterocycles. The Bertz CT molecular complexity index is 278. The van der Waals surface area contributed by atoms with Crippen molar-refractivity contribution in [3.05, 3.63) is 29.8 Å². The highest BCUT2D eigenvalue weighted by Crippen LogP contribution is 2.21. The second-order valence-electron chi connectivity index (χ2n) is 3.13. The van der Waals surface area contributed by atoms with Gasteiger partial charge in [0, 0.05) is 6.04 Å². The first-order chi connectivity index (χ1) is 6.81. The number of hydrogen-bond acceptors (Lipinski definition) is 3. The van der Waals surface area contributed by atoms with Crippen LogP contribution in [0.2, 0.25) is 0 Å². The first kappa shape index (κ1) is 11.4. The second-order valence-corrected chi connectivity index (χ2v) is 3.58. The van der Waals surface area contributed by atoms with Crippen LogP contribution in [-0.4, -0.2) is 19.9 Å². The molecule has 1 aromatic rings. The van der Waals surface area contributed by atoms with Gasteiger partial charge in [-0.3, -0.25) is 0 Å². The highest BCUT2D eigenvalue weighted by molar-refractivity contribution is 7.80.